The van der Waals surface area contributed by atoms with Gasteiger partial charge >= 0.3 is 5.97 Å². The molecular formula is C37H47N3O6. The van der Waals surface area contributed by atoms with Crippen LogP contribution in [0.4, 0.5) is 0 Å². The molecule has 2 N–H and O–H groups in total. The van der Waals surface area contributed by atoms with Crippen molar-refractivity contribution in [1.82, 2.24) is 10.2 Å². The highest BCUT2D eigenvalue weighted by Crippen LogP contribution is 2.44. The van der Waals surface area contributed by atoms with Gasteiger partial charge in [0.15, 0.2) is 11.6 Å². The van der Waals surface area contributed by atoms with Crippen molar-refractivity contribution in [2.75, 3.05) is 40.4 Å². The van der Waals surface area contributed by atoms with E-state index in [1.165, 1.54) is 0 Å². The molecule has 0 spiro atoms. The summed E-state index contributed by atoms with van der Waals surface area (Å²) in [5, 5.41) is 12.2. The number of ether oxygens (including phenoxy) is 3. The fourth-order valence-corrected chi connectivity index (χ4v) is 5.29. The number of aliphatic hydroxyl groups is 1. The molecule has 0 radical (unpaired) electrons. The van der Waals surface area contributed by atoms with E-state index in [9.17, 15) is 9.59 Å². The van der Waals surface area contributed by atoms with E-state index in [1.807, 2.05) is 114 Å². The number of aliphatic imine (C=N–C) groups is 1. The third kappa shape index (κ3) is 9.40. The Hall–Kier alpha value is -4.21. The van der Waals surface area contributed by atoms with Gasteiger partial charge in [0.25, 0.3) is 5.91 Å². The number of carbonyl (C=O) groups is 2. The zero-order chi connectivity index (χ0) is 33.2. The van der Waals surface area contributed by atoms with Crippen LogP contribution in [0.3, 0.4) is 0 Å². The molecule has 0 aliphatic carbocycles. The Morgan fingerprint density at radius 2 is 1.59 bits per heavy atom. The minimum absolute atomic E-state index is 0.0151. The molecule has 1 aliphatic rings. The molecule has 9 heteroatoms. The van der Waals surface area contributed by atoms with Crippen molar-refractivity contribution in [1.29, 1.82) is 0 Å². The molecule has 46 heavy (non-hydrogen) atoms. The molecule has 0 fully saturated rings. The van der Waals surface area contributed by atoms with Crippen LogP contribution in [0.25, 0.3) is 11.1 Å². The third-order valence-corrected chi connectivity index (χ3v) is 7.55. The number of esters is 1. The van der Waals surface area contributed by atoms with Gasteiger partial charge in [-0.25, -0.2) is 4.99 Å². The number of rotatable bonds is 15. The van der Waals surface area contributed by atoms with Gasteiger partial charge in [-0.1, -0.05) is 54.6 Å². The molecule has 1 amide bonds. The Morgan fingerprint density at radius 1 is 0.935 bits per heavy atom. The van der Waals surface area contributed by atoms with Gasteiger partial charge in [0.2, 0.25) is 5.90 Å². The van der Waals surface area contributed by atoms with Crippen LogP contribution in [0.1, 0.15) is 63.7 Å². The van der Waals surface area contributed by atoms with E-state index in [0.29, 0.717) is 36.8 Å². The summed E-state index contributed by atoms with van der Waals surface area (Å²) in [6, 6.07) is 25.3. The minimum Gasteiger partial charge on any atom is -0.494 e. The summed E-state index contributed by atoms with van der Waals surface area (Å²) < 4.78 is 17.9. The monoisotopic (exact) mass is 629 g/mol. The fraction of sp³-hybridized carbons (Fsp3) is 0.432. The maximum atomic E-state index is 14.3. The summed E-state index contributed by atoms with van der Waals surface area (Å²) in [5.74, 6) is 0.259. The van der Waals surface area contributed by atoms with Crippen LogP contribution in [-0.2, 0) is 19.1 Å². The van der Waals surface area contributed by atoms with Crippen molar-refractivity contribution in [3.63, 3.8) is 0 Å². The Labute approximate surface area is 272 Å². The molecule has 1 heterocycles. The number of carbonyl (C=O) groups excluding carboxylic acids is 2. The topological polar surface area (TPSA) is 110 Å². The van der Waals surface area contributed by atoms with E-state index in [0.717, 1.165) is 29.7 Å². The summed E-state index contributed by atoms with van der Waals surface area (Å²) in [7, 11) is 3.98. The quantitative estimate of drug-likeness (QED) is 0.167. The molecule has 4 rings (SSSR count). The second kappa shape index (κ2) is 15.9. The predicted octanol–water partition coefficient (Wildman–Crippen LogP) is 5.56. The number of hydrogen-bond acceptors (Lipinski definition) is 8. The van der Waals surface area contributed by atoms with Gasteiger partial charge < -0.3 is 29.5 Å². The number of benzene rings is 3. The molecule has 0 saturated heterocycles. The molecular weight excluding hydrogens is 582 g/mol. The first-order chi connectivity index (χ1) is 22.0. The maximum Gasteiger partial charge on any atom is 0.306 e. The van der Waals surface area contributed by atoms with Gasteiger partial charge in [0, 0.05) is 31.6 Å². The van der Waals surface area contributed by atoms with E-state index in [2.05, 4.69) is 10.2 Å². The first-order valence-electron chi connectivity index (χ1n) is 15.9. The van der Waals surface area contributed by atoms with Gasteiger partial charge in [0.1, 0.15) is 11.4 Å². The average Bonchev–Trinajstić information content (AvgIpc) is 3.43. The Kier molecular flexibility index (Phi) is 12.0. The van der Waals surface area contributed by atoms with Crippen LogP contribution in [-0.4, -0.2) is 79.3 Å². The molecule has 0 saturated carbocycles. The summed E-state index contributed by atoms with van der Waals surface area (Å²) in [6.07, 6.45) is 0.583. The Bertz CT molecular complexity index is 1450. The largest absolute Gasteiger partial charge is 0.494 e. The van der Waals surface area contributed by atoms with Crippen molar-refractivity contribution < 1.29 is 28.9 Å². The van der Waals surface area contributed by atoms with Gasteiger partial charge in [0.05, 0.1) is 6.61 Å². The molecule has 0 unspecified atom stereocenters. The lowest BCUT2D eigenvalue weighted by molar-refractivity contribution is -0.155. The lowest BCUT2D eigenvalue weighted by Gasteiger charge is -2.31. The molecule has 2 atom stereocenters. The van der Waals surface area contributed by atoms with Gasteiger partial charge in [-0.05, 0) is 95.2 Å². The summed E-state index contributed by atoms with van der Waals surface area (Å²) >= 11 is 0. The first-order valence-corrected chi connectivity index (χ1v) is 15.9. The molecule has 3 aromatic carbocycles. The number of hydrogen-bond donors (Lipinski definition) is 2. The minimum atomic E-state index is -1.42. The van der Waals surface area contributed by atoms with Crippen LogP contribution in [0.2, 0.25) is 0 Å². The van der Waals surface area contributed by atoms with Gasteiger partial charge in [-0.2, -0.15) is 0 Å². The summed E-state index contributed by atoms with van der Waals surface area (Å²) in [6.45, 7) is 7.18. The van der Waals surface area contributed by atoms with Crippen molar-refractivity contribution in [2.45, 2.75) is 63.7 Å². The molecule has 9 nitrogen and oxygen atoms in total. The highest BCUT2D eigenvalue weighted by molar-refractivity contribution is 6.01. The highest BCUT2D eigenvalue weighted by Gasteiger charge is 2.53. The van der Waals surface area contributed by atoms with Crippen molar-refractivity contribution in [3.05, 3.63) is 90.0 Å². The second-order valence-electron chi connectivity index (χ2n) is 12.8. The molecule has 0 bridgehead atoms. The lowest BCUT2D eigenvalue weighted by Crippen LogP contribution is -2.49. The van der Waals surface area contributed by atoms with Crippen LogP contribution in [0, 0.1) is 0 Å². The predicted molar refractivity (Wildman–Crippen MR) is 180 cm³/mol. The zero-order valence-corrected chi connectivity index (χ0v) is 27.6. The van der Waals surface area contributed by atoms with Crippen molar-refractivity contribution in [2.24, 2.45) is 4.99 Å². The second-order valence-corrected chi connectivity index (χ2v) is 12.8. The molecule has 0 aromatic heterocycles. The average molecular weight is 630 g/mol. The molecule has 1 aliphatic heterocycles. The standard InChI is InChI=1S/C37H47N3O6/c1-36(2,3)46-32(42)21-22-37(35(43)38-23-9-24-40(4)5)33(29-15-13-28(14-16-29)27-11-7-6-8-12-27)45-34(39-37)30-17-19-31(20-18-30)44-26-10-25-41/h6-8,11-20,33,41H,9-10,21-26H2,1-5H3,(H,38,43)/t33-,37-/m1/s1. The van der Waals surface area contributed by atoms with E-state index in [4.69, 9.17) is 24.3 Å². The number of aliphatic hydroxyl groups excluding tert-OH is 1. The number of amides is 1. The van der Waals surface area contributed by atoms with Crippen LogP contribution in [0.15, 0.2) is 83.9 Å². The highest BCUT2D eigenvalue weighted by atomic mass is 16.6. The van der Waals surface area contributed by atoms with Crippen molar-refractivity contribution in [3.8, 4) is 16.9 Å². The van der Waals surface area contributed by atoms with Gasteiger partial charge in [-0.15, -0.1) is 0 Å². The van der Waals surface area contributed by atoms with Crippen molar-refractivity contribution >= 4 is 17.8 Å². The first kappa shape index (κ1) is 34.7. The van der Waals surface area contributed by atoms with Crippen LogP contribution in [0.5, 0.6) is 5.75 Å². The summed E-state index contributed by atoms with van der Waals surface area (Å²) in [5.41, 5.74) is 1.49. The zero-order valence-electron chi connectivity index (χ0n) is 27.6. The molecule has 3 aromatic rings. The fourth-order valence-electron chi connectivity index (χ4n) is 5.29. The Morgan fingerprint density at radius 3 is 2.22 bits per heavy atom. The smallest absolute Gasteiger partial charge is 0.306 e. The maximum absolute atomic E-state index is 14.3. The van der Waals surface area contributed by atoms with Gasteiger partial charge in [-0.3, -0.25) is 9.59 Å². The third-order valence-electron chi connectivity index (χ3n) is 7.55. The lowest BCUT2D eigenvalue weighted by atomic mass is 9.83. The van der Waals surface area contributed by atoms with E-state index < -0.39 is 23.2 Å². The molecule has 246 valence electrons. The van der Waals surface area contributed by atoms with E-state index in [-0.39, 0.29) is 25.4 Å². The number of nitrogens with one attached hydrogen (secondary N) is 1. The SMILES string of the molecule is CN(C)CCCNC(=O)[C@]1(CCC(=O)OC(C)(C)C)N=C(c2ccc(OCCCO)cc2)O[C@@H]1c1ccc(-c2ccccc2)cc1. The van der Waals surface area contributed by atoms with E-state index in [1.54, 1.807) is 0 Å². The number of nitrogens with zero attached hydrogens (tertiary/aromatic N) is 2. The van der Waals surface area contributed by atoms with E-state index >= 15 is 0 Å². The van der Waals surface area contributed by atoms with Crippen LogP contribution < -0.4 is 10.1 Å². The Balaban J connectivity index is 1.71. The summed E-state index contributed by atoms with van der Waals surface area (Å²) in [4.78, 5) is 34.3. The van der Waals surface area contributed by atoms with Crippen LogP contribution >= 0.6 is 0 Å². The normalized spacial score (nSPS) is 17.7.